The van der Waals surface area contributed by atoms with Crippen LogP contribution in [0.1, 0.15) is 25.8 Å². The molecule has 0 saturated carbocycles. The Morgan fingerprint density at radius 2 is 1.95 bits per heavy atom. The third-order valence-electron chi connectivity index (χ3n) is 2.52. The van der Waals surface area contributed by atoms with Crippen molar-refractivity contribution in [3.8, 4) is 18.1 Å². The maximum Gasteiger partial charge on any atom is 0.148 e. The van der Waals surface area contributed by atoms with Crippen molar-refractivity contribution in [2.45, 2.75) is 32.9 Å². The van der Waals surface area contributed by atoms with Crippen LogP contribution in [0.15, 0.2) is 24.3 Å². The second-order valence-electron chi connectivity index (χ2n) is 4.59. The second-order valence-corrected chi connectivity index (χ2v) is 4.59. The van der Waals surface area contributed by atoms with Crippen molar-refractivity contribution in [3.63, 3.8) is 0 Å². The van der Waals surface area contributed by atoms with E-state index in [1.54, 1.807) is 0 Å². The van der Waals surface area contributed by atoms with Gasteiger partial charge in [-0.25, -0.2) is 0 Å². The van der Waals surface area contributed by atoms with Gasteiger partial charge >= 0.3 is 0 Å². The first kappa shape index (κ1) is 18.8. The number of ether oxygens (including phenoxy) is 2. The molecule has 0 aliphatic rings. The summed E-state index contributed by atoms with van der Waals surface area (Å²) >= 11 is 0. The van der Waals surface area contributed by atoms with Crippen molar-refractivity contribution in [2.75, 3.05) is 19.8 Å². The van der Waals surface area contributed by atoms with Crippen LogP contribution in [0.25, 0.3) is 0 Å². The zero-order chi connectivity index (χ0) is 13.9. The zero-order valence-corrected chi connectivity index (χ0v) is 13.0. The predicted octanol–water partition coefficient (Wildman–Crippen LogP) is 3.03. The first-order valence-corrected chi connectivity index (χ1v) is 6.70. The lowest BCUT2D eigenvalue weighted by atomic mass is 10.2. The Balaban J connectivity index is 0.00000361. The summed E-state index contributed by atoms with van der Waals surface area (Å²) in [5.74, 6) is 3.26. The molecule has 1 rings (SSSR count). The number of benzene rings is 1. The van der Waals surface area contributed by atoms with Gasteiger partial charge < -0.3 is 14.8 Å². The molecular formula is C16H24ClNO2. The summed E-state index contributed by atoms with van der Waals surface area (Å²) in [7, 11) is 0. The largest absolute Gasteiger partial charge is 0.481 e. The highest BCUT2D eigenvalue weighted by atomic mass is 35.5. The Labute approximate surface area is 128 Å². The molecule has 3 nitrogen and oxygen atoms in total. The average molecular weight is 298 g/mol. The predicted molar refractivity (Wildman–Crippen MR) is 85.4 cm³/mol. The SMILES string of the molecule is C#CCOc1ccc(CNCCCOC(C)C)cc1.Cl. The van der Waals surface area contributed by atoms with E-state index < -0.39 is 0 Å². The Hall–Kier alpha value is -1.21. The van der Waals surface area contributed by atoms with Gasteiger partial charge in [-0.3, -0.25) is 0 Å². The lowest BCUT2D eigenvalue weighted by Crippen LogP contribution is -2.17. The maximum atomic E-state index is 5.47. The van der Waals surface area contributed by atoms with Crippen molar-refractivity contribution >= 4 is 12.4 Å². The standard InChI is InChI=1S/C16H23NO2.ClH/c1-4-11-19-16-8-6-15(7-9-16)13-17-10-5-12-18-14(2)3;/h1,6-9,14,17H,5,10-13H2,2-3H3;1H. The van der Waals surface area contributed by atoms with Crippen LogP contribution in [0.2, 0.25) is 0 Å². The Kier molecular flexibility index (Phi) is 10.9. The van der Waals surface area contributed by atoms with Gasteiger partial charge in [0.15, 0.2) is 0 Å². The fraction of sp³-hybridized carbons (Fsp3) is 0.500. The van der Waals surface area contributed by atoms with Crippen molar-refractivity contribution in [3.05, 3.63) is 29.8 Å². The molecule has 0 amide bonds. The average Bonchev–Trinajstić information content (AvgIpc) is 2.41. The van der Waals surface area contributed by atoms with E-state index in [0.717, 1.165) is 31.9 Å². The molecule has 1 N–H and O–H groups in total. The van der Waals surface area contributed by atoms with Gasteiger partial charge in [-0.05, 0) is 44.5 Å². The van der Waals surface area contributed by atoms with Crippen molar-refractivity contribution < 1.29 is 9.47 Å². The maximum absolute atomic E-state index is 5.47. The topological polar surface area (TPSA) is 30.5 Å². The smallest absolute Gasteiger partial charge is 0.148 e. The van der Waals surface area contributed by atoms with Crippen LogP contribution >= 0.6 is 12.4 Å². The minimum atomic E-state index is 0. The first-order chi connectivity index (χ1) is 9.22. The minimum absolute atomic E-state index is 0. The molecule has 0 fully saturated rings. The quantitative estimate of drug-likeness (QED) is 0.561. The van der Waals surface area contributed by atoms with E-state index in [4.69, 9.17) is 15.9 Å². The molecule has 0 spiro atoms. The third-order valence-corrected chi connectivity index (χ3v) is 2.52. The molecule has 0 aliphatic heterocycles. The lowest BCUT2D eigenvalue weighted by molar-refractivity contribution is 0.0770. The summed E-state index contributed by atoms with van der Waals surface area (Å²) in [6.45, 7) is 7.05. The number of halogens is 1. The molecule has 4 heteroatoms. The molecule has 0 aliphatic carbocycles. The Bertz CT molecular complexity index is 384. The van der Waals surface area contributed by atoms with E-state index in [2.05, 4.69) is 25.1 Å². The summed E-state index contributed by atoms with van der Waals surface area (Å²) in [6, 6.07) is 7.97. The van der Waals surface area contributed by atoms with Gasteiger partial charge in [-0.1, -0.05) is 18.1 Å². The number of rotatable bonds is 9. The molecule has 0 unspecified atom stereocenters. The molecule has 112 valence electrons. The van der Waals surface area contributed by atoms with Crippen LogP contribution in [-0.2, 0) is 11.3 Å². The van der Waals surface area contributed by atoms with Crippen LogP contribution in [0.3, 0.4) is 0 Å². The highest BCUT2D eigenvalue weighted by Crippen LogP contribution is 2.11. The fourth-order valence-corrected chi connectivity index (χ4v) is 1.58. The van der Waals surface area contributed by atoms with E-state index in [1.807, 2.05) is 24.3 Å². The fourth-order valence-electron chi connectivity index (χ4n) is 1.58. The molecule has 0 saturated heterocycles. The number of terminal acetylenes is 1. The van der Waals surface area contributed by atoms with Gasteiger partial charge in [0.05, 0.1) is 6.10 Å². The highest BCUT2D eigenvalue weighted by molar-refractivity contribution is 5.85. The summed E-state index contributed by atoms with van der Waals surface area (Å²) in [6.07, 6.45) is 6.48. The third kappa shape index (κ3) is 8.82. The number of hydrogen-bond acceptors (Lipinski definition) is 3. The van der Waals surface area contributed by atoms with E-state index in [-0.39, 0.29) is 12.4 Å². The van der Waals surface area contributed by atoms with Gasteiger partial charge in [-0.2, -0.15) is 0 Å². The Morgan fingerprint density at radius 3 is 2.55 bits per heavy atom. The van der Waals surface area contributed by atoms with Crippen molar-refractivity contribution in [1.29, 1.82) is 0 Å². The molecule has 0 bridgehead atoms. The molecule has 1 aromatic carbocycles. The monoisotopic (exact) mass is 297 g/mol. The van der Waals surface area contributed by atoms with Gasteiger partial charge in [0.1, 0.15) is 12.4 Å². The number of hydrogen-bond donors (Lipinski definition) is 1. The summed E-state index contributed by atoms with van der Waals surface area (Å²) in [4.78, 5) is 0. The van der Waals surface area contributed by atoms with Crippen LogP contribution in [-0.4, -0.2) is 25.9 Å². The van der Waals surface area contributed by atoms with Gasteiger partial charge in [0, 0.05) is 13.2 Å². The van der Waals surface area contributed by atoms with E-state index in [1.165, 1.54) is 5.56 Å². The van der Waals surface area contributed by atoms with Crippen molar-refractivity contribution in [1.82, 2.24) is 5.32 Å². The van der Waals surface area contributed by atoms with Gasteiger partial charge in [0.2, 0.25) is 0 Å². The van der Waals surface area contributed by atoms with Crippen LogP contribution in [0.4, 0.5) is 0 Å². The van der Waals surface area contributed by atoms with Crippen LogP contribution < -0.4 is 10.1 Å². The van der Waals surface area contributed by atoms with E-state index in [0.29, 0.717) is 12.7 Å². The summed E-state index contributed by atoms with van der Waals surface area (Å²) in [5.41, 5.74) is 1.23. The molecule has 0 atom stereocenters. The number of nitrogens with one attached hydrogen (secondary N) is 1. The Morgan fingerprint density at radius 1 is 1.25 bits per heavy atom. The second kappa shape index (κ2) is 11.6. The zero-order valence-electron chi connectivity index (χ0n) is 12.2. The molecule has 0 heterocycles. The molecule has 0 aromatic heterocycles. The van der Waals surface area contributed by atoms with Gasteiger partial charge in [-0.15, -0.1) is 18.8 Å². The molecule has 20 heavy (non-hydrogen) atoms. The van der Waals surface area contributed by atoms with Gasteiger partial charge in [0.25, 0.3) is 0 Å². The van der Waals surface area contributed by atoms with Crippen LogP contribution in [0, 0.1) is 12.3 Å². The molecule has 0 radical (unpaired) electrons. The van der Waals surface area contributed by atoms with E-state index >= 15 is 0 Å². The summed E-state index contributed by atoms with van der Waals surface area (Å²) < 4.78 is 10.8. The normalized spacial score (nSPS) is 9.90. The minimum Gasteiger partial charge on any atom is -0.481 e. The highest BCUT2D eigenvalue weighted by Gasteiger charge is 1.96. The lowest BCUT2D eigenvalue weighted by Gasteiger charge is -2.08. The van der Waals surface area contributed by atoms with Crippen LogP contribution in [0.5, 0.6) is 5.75 Å². The van der Waals surface area contributed by atoms with E-state index in [9.17, 15) is 0 Å². The molecular weight excluding hydrogens is 274 g/mol. The van der Waals surface area contributed by atoms with Crippen molar-refractivity contribution in [2.24, 2.45) is 0 Å². The first-order valence-electron chi connectivity index (χ1n) is 6.70. The summed E-state index contributed by atoms with van der Waals surface area (Å²) in [5, 5.41) is 3.38. The molecule has 1 aromatic rings.